The lowest BCUT2D eigenvalue weighted by Gasteiger charge is -2.53. The quantitative estimate of drug-likeness (QED) is 0.611. The Morgan fingerprint density at radius 3 is 2.62 bits per heavy atom. The van der Waals surface area contributed by atoms with Crippen LogP contribution in [0.3, 0.4) is 0 Å². The molecular weight excluding hydrogens is 472 g/mol. The molecule has 6 rings (SSSR count). The summed E-state index contributed by atoms with van der Waals surface area (Å²) in [4.78, 5) is 21.1. The third kappa shape index (κ3) is 5.54. The second-order valence-electron chi connectivity index (χ2n) is 10.6. The minimum atomic E-state index is -0.245. The molecule has 0 bridgehead atoms. The number of rotatable bonds is 7. The van der Waals surface area contributed by atoms with E-state index in [-0.39, 0.29) is 29.9 Å². The number of hydrogen-bond donors (Lipinski definition) is 1. The van der Waals surface area contributed by atoms with Crippen molar-refractivity contribution in [1.82, 2.24) is 15.2 Å². The minimum Gasteiger partial charge on any atom is -0.474 e. The Balaban J connectivity index is 0.916. The van der Waals surface area contributed by atoms with Crippen molar-refractivity contribution in [2.45, 2.75) is 56.1 Å². The predicted octanol–water partition coefficient (Wildman–Crippen LogP) is 2.99. The number of pyridine rings is 1. The number of hydrogen-bond acceptors (Lipinski definition) is 8. The number of nitrogens with one attached hydrogen (secondary N) is 1. The van der Waals surface area contributed by atoms with Crippen molar-refractivity contribution < 1.29 is 23.7 Å². The van der Waals surface area contributed by atoms with E-state index in [9.17, 15) is 4.79 Å². The first kappa shape index (κ1) is 24.5. The molecule has 4 heterocycles. The highest BCUT2D eigenvalue weighted by Crippen LogP contribution is 2.35. The van der Waals surface area contributed by atoms with Crippen LogP contribution in [0.4, 0.5) is 10.5 Å². The fourth-order valence-electron chi connectivity index (χ4n) is 5.63. The molecule has 1 amide bonds. The molecule has 1 spiro atoms. The van der Waals surface area contributed by atoms with E-state index in [1.165, 1.54) is 0 Å². The highest BCUT2D eigenvalue weighted by Gasteiger charge is 2.46. The van der Waals surface area contributed by atoms with Crippen molar-refractivity contribution in [2.24, 2.45) is 0 Å². The van der Waals surface area contributed by atoms with Crippen LogP contribution in [0.25, 0.3) is 0 Å². The summed E-state index contributed by atoms with van der Waals surface area (Å²) >= 11 is 0. The molecule has 4 fully saturated rings. The molecule has 3 saturated heterocycles. The van der Waals surface area contributed by atoms with Crippen LogP contribution in [0.15, 0.2) is 48.7 Å². The van der Waals surface area contributed by atoms with Crippen LogP contribution in [0, 0.1) is 0 Å². The van der Waals surface area contributed by atoms with Gasteiger partial charge in [-0.2, -0.15) is 0 Å². The summed E-state index contributed by atoms with van der Waals surface area (Å²) in [6.07, 6.45) is 5.52. The topological polar surface area (TPSA) is 85.4 Å². The molecular formula is C28H36N4O5. The molecule has 1 aromatic carbocycles. The molecule has 0 atom stereocenters. The summed E-state index contributed by atoms with van der Waals surface area (Å²) in [5.41, 5.74) is 2.20. The third-order valence-corrected chi connectivity index (χ3v) is 7.94. The number of aromatic nitrogens is 1. The van der Waals surface area contributed by atoms with E-state index in [1.54, 1.807) is 4.90 Å². The Morgan fingerprint density at radius 1 is 1.05 bits per heavy atom. The van der Waals surface area contributed by atoms with Crippen molar-refractivity contribution in [3.8, 4) is 5.88 Å². The van der Waals surface area contributed by atoms with Gasteiger partial charge in [0, 0.05) is 63.5 Å². The second kappa shape index (κ2) is 10.8. The zero-order valence-electron chi connectivity index (χ0n) is 21.2. The Bertz CT molecular complexity index is 1050. The number of amides is 1. The molecule has 0 radical (unpaired) electrons. The van der Waals surface area contributed by atoms with Crippen LogP contribution in [-0.2, 0) is 20.8 Å². The molecule has 9 nitrogen and oxygen atoms in total. The van der Waals surface area contributed by atoms with Gasteiger partial charge in [0.2, 0.25) is 5.88 Å². The van der Waals surface area contributed by atoms with E-state index in [2.05, 4.69) is 27.3 Å². The van der Waals surface area contributed by atoms with Crippen LogP contribution >= 0.6 is 0 Å². The van der Waals surface area contributed by atoms with Crippen molar-refractivity contribution in [1.29, 1.82) is 0 Å². The maximum absolute atomic E-state index is 12.4. The molecule has 9 heteroatoms. The number of piperazine rings is 1. The van der Waals surface area contributed by atoms with Gasteiger partial charge in [0.15, 0.2) is 0 Å². The summed E-state index contributed by atoms with van der Waals surface area (Å²) in [6, 6.07) is 13.9. The van der Waals surface area contributed by atoms with E-state index < -0.39 is 0 Å². The van der Waals surface area contributed by atoms with Gasteiger partial charge in [0.05, 0.1) is 31.0 Å². The number of likely N-dealkylation sites (tertiary alicyclic amines) is 1. The largest absolute Gasteiger partial charge is 0.474 e. The second-order valence-corrected chi connectivity index (χ2v) is 10.6. The molecule has 1 saturated carbocycles. The number of nitrogens with zero attached hydrogens (tertiary/aromatic N) is 3. The SMILES string of the molecule is O=C(OCc1ccccc1)N1CCC(OC2CC(Oc3cc(N4CCNCC45COC5)ccn3)C2)CC1. The van der Waals surface area contributed by atoms with Gasteiger partial charge in [-0.15, -0.1) is 0 Å². The summed E-state index contributed by atoms with van der Waals surface area (Å²) < 4.78 is 23.5. The average molecular weight is 509 g/mol. The van der Waals surface area contributed by atoms with Gasteiger partial charge in [0.1, 0.15) is 12.7 Å². The lowest BCUT2D eigenvalue weighted by Crippen LogP contribution is -2.71. The number of piperidine rings is 1. The molecule has 0 unspecified atom stereocenters. The van der Waals surface area contributed by atoms with Crippen LogP contribution in [0.1, 0.15) is 31.2 Å². The standard InChI is InChI=1S/C28H36N4O5/c33-27(35-17-21-4-2-1-3-5-21)31-11-7-23(8-12-31)36-24-15-25(16-24)37-26-14-22(6-9-30-26)32-13-10-29-18-28(32)19-34-20-28/h1-6,9,14,23-25,29H,7-8,10-13,15-20H2. The molecule has 2 aromatic rings. The first-order valence-corrected chi connectivity index (χ1v) is 13.5. The number of benzene rings is 1. The summed E-state index contributed by atoms with van der Waals surface area (Å²) in [6.45, 7) is 6.02. The Hall–Kier alpha value is -2.88. The van der Waals surface area contributed by atoms with Crippen molar-refractivity contribution >= 4 is 11.8 Å². The van der Waals surface area contributed by atoms with Gasteiger partial charge in [-0.1, -0.05) is 30.3 Å². The van der Waals surface area contributed by atoms with Crippen LogP contribution < -0.4 is 15.0 Å². The van der Waals surface area contributed by atoms with E-state index >= 15 is 0 Å². The summed E-state index contributed by atoms with van der Waals surface area (Å²) in [7, 11) is 0. The number of carbonyl (C=O) groups excluding carboxylic acids is 1. The van der Waals surface area contributed by atoms with Gasteiger partial charge < -0.3 is 34.1 Å². The molecule has 1 N–H and O–H groups in total. The van der Waals surface area contributed by atoms with Gasteiger partial charge in [-0.25, -0.2) is 9.78 Å². The Morgan fingerprint density at radius 2 is 1.86 bits per heavy atom. The lowest BCUT2D eigenvalue weighted by molar-refractivity contribution is -0.109. The fraction of sp³-hybridized carbons (Fsp3) is 0.571. The lowest BCUT2D eigenvalue weighted by atomic mass is 9.91. The normalized spacial score (nSPS) is 25.3. The molecule has 4 aliphatic rings. The predicted molar refractivity (Wildman–Crippen MR) is 138 cm³/mol. The maximum Gasteiger partial charge on any atom is 0.410 e. The monoisotopic (exact) mass is 508 g/mol. The Kier molecular flexibility index (Phi) is 7.17. The highest BCUT2D eigenvalue weighted by molar-refractivity contribution is 5.67. The number of ether oxygens (including phenoxy) is 4. The molecule has 198 valence electrons. The van der Waals surface area contributed by atoms with Crippen LogP contribution in [-0.4, -0.2) is 85.8 Å². The molecule has 1 aliphatic carbocycles. The zero-order valence-corrected chi connectivity index (χ0v) is 21.2. The smallest absolute Gasteiger partial charge is 0.410 e. The first-order valence-electron chi connectivity index (χ1n) is 13.5. The highest BCUT2D eigenvalue weighted by atomic mass is 16.6. The third-order valence-electron chi connectivity index (χ3n) is 7.94. The minimum absolute atomic E-state index is 0.0560. The molecule has 3 aliphatic heterocycles. The van der Waals surface area contributed by atoms with Crippen molar-refractivity contribution in [3.63, 3.8) is 0 Å². The fourth-order valence-corrected chi connectivity index (χ4v) is 5.63. The van der Waals surface area contributed by atoms with Crippen molar-refractivity contribution in [3.05, 3.63) is 54.2 Å². The number of carbonyl (C=O) groups is 1. The Labute approximate surface area is 218 Å². The van der Waals surface area contributed by atoms with E-state index in [0.29, 0.717) is 25.6 Å². The van der Waals surface area contributed by atoms with Crippen LogP contribution in [0.5, 0.6) is 5.88 Å². The molecule has 37 heavy (non-hydrogen) atoms. The first-order chi connectivity index (χ1) is 18.2. The van der Waals surface area contributed by atoms with E-state index in [1.807, 2.05) is 36.5 Å². The zero-order chi connectivity index (χ0) is 25.1. The summed E-state index contributed by atoms with van der Waals surface area (Å²) in [5.74, 6) is 0.678. The van der Waals surface area contributed by atoms with E-state index in [4.69, 9.17) is 18.9 Å². The van der Waals surface area contributed by atoms with Gasteiger partial charge in [-0.05, 0) is 24.5 Å². The van der Waals surface area contributed by atoms with Crippen molar-refractivity contribution in [2.75, 3.05) is 50.8 Å². The summed E-state index contributed by atoms with van der Waals surface area (Å²) in [5, 5.41) is 3.49. The van der Waals surface area contributed by atoms with Gasteiger partial charge >= 0.3 is 6.09 Å². The maximum atomic E-state index is 12.4. The van der Waals surface area contributed by atoms with Gasteiger partial charge in [0.25, 0.3) is 0 Å². The average Bonchev–Trinajstić information content (AvgIpc) is 2.91. The van der Waals surface area contributed by atoms with Crippen LogP contribution in [0.2, 0.25) is 0 Å². The van der Waals surface area contributed by atoms with Gasteiger partial charge in [-0.3, -0.25) is 0 Å². The van der Waals surface area contributed by atoms with E-state index in [0.717, 1.165) is 69.8 Å². The molecule has 1 aromatic heterocycles. The number of anilines is 1.